The van der Waals surface area contributed by atoms with E-state index in [0.29, 0.717) is 13.1 Å². The quantitative estimate of drug-likeness (QED) is 0.650. The summed E-state index contributed by atoms with van der Waals surface area (Å²) in [4.78, 5) is 0. The number of nitrogens with one attached hydrogen (secondary N) is 1. The molecule has 0 bridgehead atoms. The van der Waals surface area contributed by atoms with Crippen molar-refractivity contribution >= 4 is 10.0 Å². The highest BCUT2D eigenvalue weighted by Gasteiger charge is 2.32. The Morgan fingerprint density at radius 1 is 1.25 bits per heavy atom. The molecule has 0 aliphatic carbocycles. The molecular weight excluding hydrogens is 190 g/mol. The van der Waals surface area contributed by atoms with Crippen molar-refractivity contribution in [1.82, 2.24) is 9.62 Å². The first-order chi connectivity index (χ1) is 5.55. The van der Waals surface area contributed by atoms with Crippen LogP contribution in [0, 0.1) is 0 Å². The molecule has 0 saturated carbocycles. The second kappa shape index (κ2) is 3.63. The van der Waals surface area contributed by atoms with Crippen molar-refractivity contribution in [3.63, 3.8) is 0 Å². The molecule has 1 saturated heterocycles. The van der Waals surface area contributed by atoms with Crippen LogP contribution in [-0.2, 0) is 10.0 Å². The average molecular weight is 200 g/mol. The number of hydrogen-bond acceptors (Lipinski definition) is 3. The summed E-state index contributed by atoms with van der Waals surface area (Å²) in [7, 11) is -4.34. The third-order valence-electron chi connectivity index (χ3n) is 1.66. The first-order valence-corrected chi connectivity index (χ1v) is 5.03. The van der Waals surface area contributed by atoms with E-state index < -0.39 is 15.8 Å². The van der Waals surface area contributed by atoms with Gasteiger partial charge in [-0.15, -0.1) is 0 Å². The Labute approximate surface area is 69.6 Å². The summed E-state index contributed by atoms with van der Waals surface area (Å²) in [6, 6.07) is 0. The van der Waals surface area contributed by atoms with Crippen molar-refractivity contribution in [2.45, 2.75) is 5.76 Å². The predicted octanol–water partition coefficient (Wildman–Crippen LogP) is -0.556. The lowest BCUT2D eigenvalue weighted by molar-refractivity contribution is 0.215. The Kier molecular flexibility index (Phi) is 2.97. The predicted molar refractivity (Wildman–Crippen MR) is 39.4 cm³/mol. The molecule has 0 radical (unpaired) electrons. The van der Waals surface area contributed by atoms with Crippen molar-refractivity contribution in [3.05, 3.63) is 0 Å². The monoisotopic (exact) mass is 200 g/mol. The minimum atomic E-state index is -4.34. The van der Waals surface area contributed by atoms with Gasteiger partial charge in [-0.3, -0.25) is 0 Å². The molecule has 1 N–H and O–H groups in total. The zero-order chi connectivity index (χ0) is 9.19. The number of alkyl halides is 2. The molecule has 72 valence electrons. The highest BCUT2D eigenvalue weighted by molar-refractivity contribution is 7.89. The van der Waals surface area contributed by atoms with Crippen molar-refractivity contribution < 1.29 is 17.2 Å². The van der Waals surface area contributed by atoms with Crippen LogP contribution in [0.3, 0.4) is 0 Å². The molecule has 0 aromatic rings. The molecule has 1 aliphatic heterocycles. The molecule has 0 spiro atoms. The van der Waals surface area contributed by atoms with Crippen LogP contribution in [0.2, 0.25) is 0 Å². The van der Waals surface area contributed by atoms with E-state index in [1.807, 2.05) is 0 Å². The molecular formula is C5H10F2N2O2S. The van der Waals surface area contributed by atoms with Gasteiger partial charge in [-0.1, -0.05) is 0 Å². The van der Waals surface area contributed by atoms with Gasteiger partial charge >= 0.3 is 5.76 Å². The van der Waals surface area contributed by atoms with Gasteiger partial charge in [-0.05, 0) is 0 Å². The van der Waals surface area contributed by atoms with Crippen molar-refractivity contribution in [2.75, 3.05) is 26.2 Å². The van der Waals surface area contributed by atoms with Crippen LogP contribution < -0.4 is 5.32 Å². The Morgan fingerprint density at radius 2 is 1.75 bits per heavy atom. The Balaban J connectivity index is 2.67. The smallest absolute Gasteiger partial charge is 0.314 e. The topological polar surface area (TPSA) is 49.4 Å². The molecule has 0 unspecified atom stereocenters. The third kappa shape index (κ3) is 1.90. The average Bonchev–Trinajstić information content (AvgIpc) is 2.06. The van der Waals surface area contributed by atoms with E-state index in [2.05, 4.69) is 5.32 Å². The van der Waals surface area contributed by atoms with E-state index in [4.69, 9.17) is 0 Å². The number of hydrogen-bond donors (Lipinski definition) is 1. The van der Waals surface area contributed by atoms with Gasteiger partial charge in [-0.25, -0.2) is 8.42 Å². The maximum atomic E-state index is 11.9. The number of nitrogens with zero attached hydrogens (tertiary/aromatic N) is 1. The summed E-state index contributed by atoms with van der Waals surface area (Å²) in [5.74, 6) is -3.30. The summed E-state index contributed by atoms with van der Waals surface area (Å²) in [6.07, 6.45) is 0. The maximum absolute atomic E-state index is 11.9. The van der Waals surface area contributed by atoms with Crippen LogP contribution in [0.5, 0.6) is 0 Å². The molecule has 1 rings (SSSR count). The summed E-state index contributed by atoms with van der Waals surface area (Å²) in [5.41, 5.74) is 0. The van der Waals surface area contributed by atoms with Gasteiger partial charge in [0.1, 0.15) is 0 Å². The van der Waals surface area contributed by atoms with Gasteiger partial charge in [0.15, 0.2) is 0 Å². The fourth-order valence-corrected chi connectivity index (χ4v) is 1.93. The van der Waals surface area contributed by atoms with Crippen LogP contribution in [-0.4, -0.2) is 44.7 Å². The van der Waals surface area contributed by atoms with E-state index in [9.17, 15) is 17.2 Å². The van der Waals surface area contributed by atoms with Gasteiger partial charge < -0.3 is 5.32 Å². The normalized spacial score (nSPS) is 21.6. The van der Waals surface area contributed by atoms with E-state index in [-0.39, 0.29) is 13.1 Å². The van der Waals surface area contributed by atoms with Crippen LogP contribution in [0.15, 0.2) is 0 Å². The van der Waals surface area contributed by atoms with Crippen LogP contribution in [0.1, 0.15) is 0 Å². The maximum Gasteiger partial charge on any atom is 0.350 e. The number of rotatable bonds is 2. The number of sulfonamides is 1. The van der Waals surface area contributed by atoms with Crippen molar-refractivity contribution in [2.24, 2.45) is 0 Å². The minimum absolute atomic E-state index is 0.132. The highest BCUT2D eigenvalue weighted by atomic mass is 32.2. The summed E-state index contributed by atoms with van der Waals surface area (Å²) < 4.78 is 46.4. The van der Waals surface area contributed by atoms with E-state index in [0.717, 1.165) is 4.31 Å². The fourth-order valence-electron chi connectivity index (χ4n) is 1.01. The van der Waals surface area contributed by atoms with Crippen LogP contribution in [0.4, 0.5) is 8.78 Å². The van der Waals surface area contributed by atoms with E-state index >= 15 is 0 Å². The third-order valence-corrected chi connectivity index (χ3v) is 3.20. The lowest BCUT2D eigenvalue weighted by Crippen LogP contribution is -2.48. The van der Waals surface area contributed by atoms with Gasteiger partial charge in [0.25, 0.3) is 10.0 Å². The van der Waals surface area contributed by atoms with Gasteiger partial charge in [-0.2, -0.15) is 13.1 Å². The highest BCUT2D eigenvalue weighted by Crippen LogP contribution is 2.11. The lowest BCUT2D eigenvalue weighted by atomic mass is 10.4. The molecule has 0 aromatic carbocycles. The molecule has 0 aromatic heterocycles. The van der Waals surface area contributed by atoms with Gasteiger partial charge in [0, 0.05) is 26.2 Å². The SMILES string of the molecule is O=S(=O)(C(F)F)N1CCNCC1. The molecule has 1 fully saturated rings. The first-order valence-electron chi connectivity index (χ1n) is 3.53. The summed E-state index contributed by atoms with van der Waals surface area (Å²) in [6.45, 7) is 1.14. The summed E-state index contributed by atoms with van der Waals surface area (Å²) >= 11 is 0. The van der Waals surface area contributed by atoms with E-state index in [1.165, 1.54) is 0 Å². The lowest BCUT2D eigenvalue weighted by Gasteiger charge is -2.25. The molecule has 12 heavy (non-hydrogen) atoms. The minimum Gasteiger partial charge on any atom is -0.314 e. The largest absolute Gasteiger partial charge is 0.350 e. The zero-order valence-electron chi connectivity index (χ0n) is 6.33. The molecule has 0 atom stereocenters. The molecule has 0 amide bonds. The molecule has 1 heterocycles. The molecule has 1 aliphatic rings. The molecule has 7 heteroatoms. The molecule has 4 nitrogen and oxygen atoms in total. The van der Waals surface area contributed by atoms with Crippen molar-refractivity contribution in [3.8, 4) is 0 Å². The van der Waals surface area contributed by atoms with Crippen LogP contribution in [0.25, 0.3) is 0 Å². The number of halogens is 2. The number of piperazine rings is 1. The Morgan fingerprint density at radius 3 is 2.17 bits per heavy atom. The fraction of sp³-hybridized carbons (Fsp3) is 1.00. The van der Waals surface area contributed by atoms with Gasteiger partial charge in [0.2, 0.25) is 0 Å². The van der Waals surface area contributed by atoms with E-state index in [1.54, 1.807) is 0 Å². The first kappa shape index (κ1) is 9.82. The second-order valence-electron chi connectivity index (χ2n) is 2.45. The summed E-state index contributed by atoms with van der Waals surface area (Å²) in [5, 5.41) is 2.87. The van der Waals surface area contributed by atoms with Gasteiger partial charge in [0.05, 0.1) is 0 Å². The Bertz CT molecular complexity index is 236. The Hall–Kier alpha value is -0.270. The standard InChI is InChI=1S/C5H10F2N2O2S/c6-5(7)12(10,11)9-3-1-8-2-4-9/h5,8H,1-4H2. The van der Waals surface area contributed by atoms with Crippen molar-refractivity contribution in [1.29, 1.82) is 0 Å². The van der Waals surface area contributed by atoms with Crippen LogP contribution >= 0.6 is 0 Å². The zero-order valence-corrected chi connectivity index (χ0v) is 7.15. The second-order valence-corrected chi connectivity index (χ2v) is 4.36.